The molecule has 0 aliphatic carbocycles. The van der Waals surface area contributed by atoms with Crippen molar-refractivity contribution in [2.45, 2.75) is 51.3 Å². The first-order valence-electron chi connectivity index (χ1n) is 5.82. The van der Waals surface area contributed by atoms with Gasteiger partial charge in [0, 0.05) is 0 Å². The number of nitrogens with zero attached hydrogens (tertiary/aromatic N) is 1. The summed E-state index contributed by atoms with van der Waals surface area (Å²) in [6.45, 7) is 5.70. The molecule has 16 heavy (non-hydrogen) atoms. The maximum Gasteiger partial charge on any atom is 0.411 e. The van der Waals surface area contributed by atoms with Gasteiger partial charge in [0.05, 0.1) is 12.1 Å². The summed E-state index contributed by atoms with van der Waals surface area (Å²) >= 11 is 0. The fourth-order valence-corrected chi connectivity index (χ4v) is 2.15. The van der Waals surface area contributed by atoms with Gasteiger partial charge in [-0.05, 0) is 33.6 Å². The molecule has 3 heteroatoms. The van der Waals surface area contributed by atoms with Crippen LogP contribution >= 0.6 is 0 Å². The van der Waals surface area contributed by atoms with Crippen molar-refractivity contribution >= 4 is 6.09 Å². The third kappa shape index (κ3) is 2.29. The van der Waals surface area contributed by atoms with Crippen LogP contribution in [0.2, 0.25) is 0 Å². The molecule has 0 aromatic carbocycles. The summed E-state index contributed by atoms with van der Waals surface area (Å²) in [5.41, 5.74) is -0.420. The molecule has 2 rings (SSSR count). The summed E-state index contributed by atoms with van der Waals surface area (Å²) in [5, 5.41) is 0. The summed E-state index contributed by atoms with van der Waals surface area (Å²) in [6.07, 6.45) is 10.1. The molecule has 0 saturated heterocycles. The number of hydrogen-bond donors (Lipinski definition) is 0. The van der Waals surface area contributed by atoms with Crippen LogP contribution in [0.25, 0.3) is 0 Å². The highest BCUT2D eigenvalue weighted by molar-refractivity contribution is 5.70. The van der Waals surface area contributed by atoms with Gasteiger partial charge in [0.2, 0.25) is 0 Å². The highest BCUT2D eigenvalue weighted by Gasteiger charge is 2.34. The van der Waals surface area contributed by atoms with Crippen molar-refractivity contribution in [3.8, 4) is 0 Å². The van der Waals surface area contributed by atoms with Gasteiger partial charge >= 0.3 is 6.09 Å². The van der Waals surface area contributed by atoms with Gasteiger partial charge in [0.25, 0.3) is 0 Å². The maximum atomic E-state index is 12.1. The minimum absolute atomic E-state index is 0.179. The molecule has 0 fully saturated rings. The second-order valence-corrected chi connectivity index (χ2v) is 5.35. The van der Waals surface area contributed by atoms with Crippen molar-refractivity contribution in [1.82, 2.24) is 4.90 Å². The normalized spacial score (nSPS) is 28.1. The van der Waals surface area contributed by atoms with E-state index in [9.17, 15) is 4.79 Å². The van der Waals surface area contributed by atoms with Crippen LogP contribution in [0.1, 0.15) is 33.6 Å². The van der Waals surface area contributed by atoms with Crippen molar-refractivity contribution in [1.29, 1.82) is 0 Å². The topological polar surface area (TPSA) is 29.5 Å². The van der Waals surface area contributed by atoms with Crippen molar-refractivity contribution < 1.29 is 9.53 Å². The standard InChI is InChI=1S/C13H19NO2/c1-13(2,3)16-12(15)14-10-6-4-7-11(14)9-5-8-10/h4-6,9-11H,7-8H2,1-3H3. The van der Waals surface area contributed by atoms with Gasteiger partial charge in [-0.25, -0.2) is 4.79 Å². The zero-order valence-electron chi connectivity index (χ0n) is 10.1. The number of carbonyl (C=O) groups is 1. The van der Waals surface area contributed by atoms with Crippen LogP contribution in [0.3, 0.4) is 0 Å². The molecule has 0 radical (unpaired) electrons. The molecular formula is C13H19NO2. The molecule has 0 aromatic rings. The van der Waals surface area contributed by atoms with E-state index in [-0.39, 0.29) is 18.2 Å². The lowest BCUT2D eigenvalue weighted by atomic mass is 9.95. The van der Waals surface area contributed by atoms with Crippen LogP contribution in [0, 0.1) is 0 Å². The molecule has 3 nitrogen and oxygen atoms in total. The first kappa shape index (κ1) is 11.2. The van der Waals surface area contributed by atoms with E-state index < -0.39 is 5.60 Å². The van der Waals surface area contributed by atoms with Crippen molar-refractivity contribution in [2.75, 3.05) is 0 Å². The van der Waals surface area contributed by atoms with E-state index in [1.54, 1.807) is 0 Å². The van der Waals surface area contributed by atoms with E-state index >= 15 is 0 Å². The van der Waals surface area contributed by atoms with Crippen LogP contribution in [-0.4, -0.2) is 28.7 Å². The molecule has 2 heterocycles. The summed E-state index contributed by atoms with van der Waals surface area (Å²) in [6, 6.07) is 0.359. The van der Waals surface area contributed by atoms with Gasteiger partial charge in [-0.1, -0.05) is 24.3 Å². The van der Waals surface area contributed by atoms with Gasteiger partial charge in [-0.3, -0.25) is 4.90 Å². The second kappa shape index (κ2) is 3.96. The first-order chi connectivity index (χ1) is 7.47. The summed E-state index contributed by atoms with van der Waals surface area (Å²) in [5.74, 6) is 0. The van der Waals surface area contributed by atoms with Crippen molar-refractivity contribution in [2.24, 2.45) is 0 Å². The lowest BCUT2D eigenvalue weighted by Crippen LogP contribution is -2.50. The van der Waals surface area contributed by atoms with E-state index in [2.05, 4.69) is 24.3 Å². The van der Waals surface area contributed by atoms with E-state index in [0.717, 1.165) is 12.8 Å². The summed E-state index contributed by atoms with van der Waals surface area (Å²) in [4.78, 5) is 13.9. The quantitative estimate of drug-likeness (QED) is 0.589. The average molecular weight is 221 g/mol. The fourth-order valence-electron chi connectivity index (χ4n) is 2.15. The third-order valence-electron chi connectivity index (χ3n) is 2.79. The molecule has 0 saturated carbocycles. The lowest BCUT2D eigenvalue weighted by molar-refractivity contribution is 0.0117. The Balaban J connectivity index is 2.12. The van der Waals surface area contributed by atoms with Crippen LogP contribution < -0.4 is 0 Å². The minimum atomic E-state index is -0.420. The van der Waals surface area contributed by atoms with Gasteiger partial charge in [0.15, 0.2) is 0 Å². The zero-order chi connectivity index (χ0) is 11.8. The Kier molecular flexibility index (Phi) is 2.78. The Hall–Kier alpha value is -1.25. The molecule has 2 unspecified atom stereocenters. The Labute approximate surface area is 96.8 Å². The number of rotatable bonds is 0. The highest BCUT2D eigenvalue weighted by Crippen LogP contribution is 2.27. The largest absolute Gasteiger partial charge is 0.444 e. The van der Waals surface area contributed by atoms with E-state index in [0.29, 0.717) is 0 Å². The van der Waals surface area contributed by atoms with Crippen molar-refractivity contribution in [3.05, 3.63) is 24.3 Å². The molecule has 2 aliphatic heterocycles. The molecule has 0 spiro atoms. The molecule has 0 aromatic heterocycles. The molecule has 0 N–H and O–H groups in total. The summed E-state index contributed by atoms with van der Waals surface area (Å²) in [7, 11) is 0. The number of ether oxygens (including phenoxy) is 1. The van der Waals surface area contributed by atoms with E-state index in [1.807, 2.05) is 25.7 Å². The smallest absolute Gasteiger partial charge is 0.411 e. The van der Waals surface area contributed by atoms with Gasteiger partial charge in [-0.15, -0.1) is 0 Å². The Morgan fingerprint density at radius 2 is 1.69 bits per heavy atom. The number of fused-ring (bicyclic) bond motifs is 2. The highest BCUT2D eigenvalue weighted by atomic mass is 16.6. The van der Waals surface area contributed by atoms with Gasteiger partial charge in [-0.2, -0.15) is 0 Å². The van der Waals surface area contributed by atoms with Crippen LogP contribution in [0.5, 0.6) is 0 Å². The number of hydrogen-bond acceptors (Lipinski definition) is 2. The SMILES string of the molecule is CC(C)(C)OC(=O)N1C2C=CCC1C=CC2. The maximum absolute atomic E-state index is 12.1. The monoisotopic (exact) mass is 221 g/mol. The Morgan fingerprint density at radius 3 is 2.12 bits per heavy atom. The molecule has 2 bridgehead atoms. The molecule has 1 amide bonds. The minimum Gasteiger partial charge on any atom is -0.444 e. The number of carbonyl (C=O) groups excluding carboxylic acids is 1. The molecule has 2 aliphatic rings. The Morgan fingerprint density at radius 1 is 1.19 bits per heavy atom. The lowest BCUT2D eigenvalue weighted by Gasteiger charge is -2.40. The third-order valence-corrected chi connectivity index (χ3v) is 2.79. The van der Waals surface area contributed by atoms with Crippen LogP contribution in [0.4, 0.5) is 4.79 Å². The first-order valence-corrected chi connectivity index (χ1v) is 5.82. The molecular weight excluding hydrogens is 202 g/mol. The summed E-state index contributed by atoms with van der Waals surface area (Å²) < 4.78 is 5.43. The molecule has 88 valence electrons. The predicted octanol–water partition coefficient (Wildman–Crippen LogP) is 2.88. The predicted molar refractivity (Wildman–Crippen MR) is 63.2 cm³/mol. The van der Waals surface area contributed by atoms with Gasteiger partial charge < -0.3 is 4.74 Å². The van der Waals surface area contributed by atoms with E-state index in [4.69, 9.17) is 4.74 Å². The molecule has 2 atom stereocenters. The average Bonchev–Trinajstić information content (AvgIpc) is 2.13. The zero-order valence-corrected chi connectivity index (χ0v) is 10.1. The van der Waals surface area contributed by atoms with Crippen LogP contribution in [-0.2, 0) is 4.74 Å². The van der Waals surface area contributed by atoms with Gasteiger partial charge in [0.1, 0.15) is 5.60 Å². The van der Waals surface area contributed by atoms with Crippen molar-refractivity contribution in [3.63, 3.8) is 0 Å². The number of amides is 1. The second-order valence-electron chi connectivity index (χ2n) is 5.35. The van der Waals surface area contributed by atoms with E-state index in [1.165, 1.54) is 0 Å². The Bertz CT molecular complexity index is 318. The fraction of sp³-hybridized carbons (Fsp3) is 0.615. The van der Waals surface area contributed by atoms with Crippen LogP contribution in [0.15, 0.2) is 24.3 Å².